The van der Waals surface area contributed by atoms with Crippen molar-refractivity contribution < 1.29 is 4.74 Å². The van der Waals surface area contributed by atoms with Crippen LogP contribution in [0, 0.1) is 0 Å². The van der Waals surface area contributed by atoms with Gasteiger partial charge in [0.1, 0.15) is 13.8 Å². The fourth-order valence-electron chi connectivity index (χ4n) is 5.21. The van der Waals surface area contributed by atoms with E-state index in [1.54, 1.807) is 0 Å². The van der Waals surface area contributed by atoms with Gasteiger partial charge in [-0.2, -0.15) is 0 Å². The maximum atomic E-state index is 6.78. The van der Waals surface area contributed by atoms with Crippen molar-refractivity contribution in [3.63, 3.8) is 0 Å². The largest absolute Gasteiger partial charge is 0.494 e. The molecule has 0 amide bonds. The molecule has 0 aliphatic heterocycles. The van der Waals surface area contributed by atoms with Gasteiger partial charge in [0.05, 0.1) is 14.7 Å². The minimum absolute atomic E-state index is 0.663. The molecule has 0 saturated heterocycles. The van der Waals surface area contributed by atoms with Crippen LogP contribution in [0.15, 0.2) is 117 Å². The molecule has 1 atom stereocenters. The highest BCUT2D eigenvalue weighted by atomic mass is 35.5. The molecule has 4 heteroatoms. The quantitative estimate of drug-likeness (QED) is 0.121. The highest BCUT2D eigenvalue weighted by molar-refractivity contribution is 7.11. The van der Waals surface area contributed by atoms with E-state index in [0.717, 1.165) is 29.5 Å². The van der Waals surface area contributed by atoms with Crippen LogP contribution >= 0.6 is 11.6 Å². The Hall–Kier alpha value is -2.60. The van der Waals surface area contributed by atoms with E-state index in [0.29, 0.717) is 12.1 Å². The van der Waals surface area contributed by atoms with Gasteiger partial charge in [-0.3, -0.25) is 0 Å². The van der Waals surface area contributed by atoms with Crippen LogP contribution in [-0.2, 0) is 0 Å². The van der Waals surface area contributed by atoms with Gasteiger partial charge in [0.15, 0.2) is 0 Å². The number of ether oxygens (including phenoxy) is 1. The van der Waals surface area contributed by atoms with Gasteiger partial charge in [0.25, 0.3) is 0 Å². The molecule has 0 aliphatic carbocycles. The summed E-state index contributed by atoms with van der Waals surface area (Å²) in [6.45, 7) is 15.1. The van der Waals surface area contributed by atoms with E-state index in [1.807, 2.05) is 6.92 Å². The van der Waals surface area contributed by atoms with E-state index < -0.39 is 16.1 Å². The summed E-state index contributed by atoms with van der Waals surface area (Å²) in [5, 5.41) is 2.83. The van der Waals surface area contributed by atoms with E-state index in [9.17, 15) is 0 Å². The number of halogens is 1. The lowest BCUT2D eigenvalue weighted by molar-refractivity contribution is 0.340. The second kappa shape index (κ2) is 12.9. The molecule has 0 aromatic heterocycles. The number of hydrogen-bond acceptors (Lipinski definition) is 1. The lowest BCUT2D eigenvalue weighted by Gasteiger charge is -2.40. The number of benzene rings is 3. The molecule has 3 rings (SSSR count). The highest BCUT2D eigenvalue weighted by Crippen LogP contribution is 2.32. The Labute approximate surface area is 218 Å². The summed E-state index contributed by atoms with van der Waals surface area (Å²) in [6, 6.07) is 31.5. The predicted molar refractivity (Wildman–Crippen MR) is 161 cm³/mol. The molecule has 0 bridgehead atoms. The Balaban J connectivity index is 2.18. The van der Waals surface area contributed by atoms with Crippen molar-refractivity contribution in [2.24, 2.45) is 0 Å². The summed E-state index contributed by atoms with van der Waals surface area (Å²) in [7, 11) is -4.14. The summed E-state index contributed by atoms with van der Waals surface area (Å²) in [5.74, 6) is 0.912. The van der Waals surface area contributed by atoms with E-state index in [1.165, 1.54) is 21.5 Å². The Morgan fingerprint density at radius 3 is 1.71 bits per heavy atom. The summed E-state index contributed by atoms with van der Waals surface area (Å²) >= 11 is 6.78. The van der Waals surface area contributed by atoms with Crippen molar-refractivity contribution in [2.75, 3.05) is 12.1 Å². The first-order chi connectivity index (χ1) is 17.1. The SMILES string of the molecule is C=CC[Si](CCl)(CC=C)C[Si](CC=C)(c1ccc(OCC)cc1)c1ccc(-c2ccccc2)cc1. The Bertz CT molecular complexity index is 1080. The summed E-state index contributed by atoms with van der Waals surface area (Å²) in [6.07, 6.45) is 6.26. The van der Waals surface area contributed by atoms with Gasteiger partial charge in [0.2, 0.25) is 0 Å². The first-order valence-corrected chi connectivity index (χ1v) is 18.1. The molecule has 0 aliphatic rings. The van der Waals surface area contributed by atoms with Gasteiger partial charge in [-0.25, -0.2) is 0 Å². The van der Waals surface area contributed by atoms with Crippen LogP contribution < -0.4 is 15.1 Å². The molecule has 1 unspecified atom stereocenters. The van der Waals surface area contributed by atoms with Crippen LogP contribution in [0.4, 0.5) is 0 Å². The van der Waals surface area contributed by atoms with Gasteiger partial charge in [-0.1, -0.05) is 101 Å². The third kappa shape index (κ3) is 6.35. The molecular formula is C31H37ClOSi2. The number of allylic oxidation sites excluding steroid dienone is 3. The van der Waals surface area contributed by atoms with Gasteiger partial charge in [-0.05, 0) is 48.3 Å². The molecule has 0 N–H and O–H groups in total. The molecule has 0 heterocycles. The Kier molecular flexibility index (Phi) is 9.97. The summed E-state index contributed by atoms with van der Waals surface area (Å²) in [4.78, 5) is 0. The predicted octanol–water partition coefficient (Wildman–Crippen LogP) is 7.64. The standard InChI is InChI=1S/C31H37ClOSi2/c1-5-22-34(25-32,23-6-2)26-35(24-7-3,31-20-16-29(17-21-31)33-8-4)30-18-14-28(15-19-30)27-12-10-9-11-13-27/h5-7,9-21H,1-3,8,22-26H2,4H3. The molecule has 0 saturated carbocycles. The lowest BCUT2D eigenvalue weighted by Crippen LogP contribution is -2.63. The van der Waals surface area contributed by atoms with Gasteiger partial charge < -0.3 is 4.74 Å². The van der Waals surface area contributed by atoms with Crippen molar-refractivity contribution >= 4 is 38.1 Å². The average molecular weight is 517 g/mol. The Morgan fingerprint density at radius 2 is 1.23 bits per heavy atom. The fraction of sp³-hybridized carbons (Fsp3) is 0.226. The minimum Gasteiger partial charge on any atom is -0.494 e. The van der Waals surface area contributed by atoms with Gasteiger partial charge in [-0.15, -0.1) is 31.3 Å². The van der Waals surface area contributed by atoms with Gasteiger partial charge in [0, 0.05) is 5.50 Å². The van der Waals surface area contributed by atoms with Crippen molar-refractivity contribution in [3.8, 4) is 16.9 Å². The van der Waals surface area contributed by atoms with Crippen molar-refractivity contribution in [3.05, 3.63) is 117 Å². The monoisotopic (exact) mass is 516 g/mol. The molecule has 35 heavy (non-hydrogen) atoms. The normalized spacial score (nSPS) is 13.0. The topological polar surface area (TPSA) is 9.23 Å². The average Bonchev–Trinajstić information content (AvgIpc) is 2.90. The van der Waals surface area contributed by atoms with Gasteiger partial charge >= 0.3 is 0 Å². The fourth-order valence-corrected chi connectivity index (χ4v) is 20.1. The van der Waals surface area contributed by atoms with Crippen molar-refractivity contribution in [2.45, 2.75) is 30.7 Å². The summed E-state index contributed by atoms with van der Waals surface area (Å²) in [5.41, 5.74) is 4.31. The van der Waals surface area contributed by atoms with Crippen LogP contribution in [0.25, 0.3) is 11.1 Å². The first kappa shape index (κ1) is 27.0. The molecule has 3 aromatic carbocycles. The lowest BCUT2D eigenvalue weighted by atomic mass is 10.1. The number of rotatable bonds is 14. The zero-order valence-corrected chi connectivity index (χ0v) is 23.6. The molecule has 1 nitrogen and oxygen atoms in total. The third-order valence-electron chi connectivity index (χ3n) is 6.87. The van der Waals surface area contributed by atoms with Crippen LogP contribution in [0.5, 0.6) is 5.75 Å². The summed E-state index contributed by atoms with van der Waals surface area (Å²) < 4.78 is 5.76. The Morgan fingerprint density at radius 1 is 0.714 bits per heavy atom. The first-order valence-electron chi connectivity index (χ1n) is 12.3. The third-order valence-corrected chi connectivity index (χ3v) is 20.7. The molecular weight excluding hydrogens is 480 g/mol. The second-order valence-electron chi connectivity index (χ2n) is 9.27. The van der Waals surface area contributed by atoms with E-state index in [-0.39, 0.29) is 0 Å². The van der Waals surface area contributed by atoms with Crippen LogP contribution in [-0.4, -0.2) is 28.3 Å². The van der Waals surface area contributed by atoms with E-state index in [4.69, 9.17) is 16.3 Å². The number of hydrogen-bond donors (Lipinski definition) is 0. The van der Waals surface area contributed by atoms with Crippen LogP contribution in [0.3, 0.4) is 0 Å². The zero-order chi connectivity index (χ0) is 25.2. The smallest absolute Gasteiger partial charge is 0.119 e. The van der Waals surface area contributed by atoms with E-state index in [2.05, 4.69) is 117 Å². The molecule has 182 valence electrons. The number of alkyl halides is 1. The van der Waals surface area contributed by atoms with Crippen molar-refractivity contribution in [1.82, 2.24) is 0 Å². The van der Waals surface area contributed by atoms with Crippen LogP contribution in [0.2, 0.25) is 23.8 Å². The minimum atomic E-state index is -2.24. The zero-order valence-electron chi connectivity index (χ0n) is 20.9. The highest BCUT2D eigenvalue weighted by Gasteiger charge is 2.44. The molecule has 0 radical (unpaired) electrons. The maximum Gasteiger partial charge on any atom is 0.119 e. The van der Waals surface area contributed by atoms with Crippen LogP contribution in [0.1, 0.15) is 6.92 Å². The molecule has 0 fully saturated rings. The second-order valence-corrected chi connectivity index (χ2v) is 19.3. The van der Waals surface area contributed by atoms with E-state index >= 15 is 0 Å². The maximum absolute atomic E-state index is 6.78. The van der Waals surface area contributed by atoms with Crippen molar-refractivity contribution in [1.29, 1.82) is 0 Å². The molecule has 3 aromatic rings. The molecule has 0 spiro atoms.